The van der Waals surface area contributed by atoms with Crippen LogP contribution in [0.5, 0.6) is 11.5 Å². The third-order valence-corrected chi connectivity index (χ3v) is 4.32. The van der Waals surface area contributed by atoms with Gasteiger partial charge in [-0.25, -0.2) is 0 Å². The molecule has 29 heavy (non-hydrogen) atoms. The molecule has 0 saturated heterocycles. The molecule has 6 heteroatoms. The van der Waals surface area contributed by atoms with Crippen LogP contribution in [0.4, 0.5) is 0 Å². The zero-order valence-electron chi connectivity index (χ0n) is 18.0. The number of amides is 2. The van der Waals surface area contributed by atoms with Crippen LogP contribution in [0.15, 0.2) is 36.4 Å². The Hall–Kier alpha value is -3.02. The summed E-state index contributed by atoms with van der Waals surface area (Å²) in [6, 6.07) is 10.9. The number of aryl methyl sites for hydroxylation is 2. The molecule has 2 aromatic carbocycles. The summed E-state index contributed by atoms with van der Waals surface area (Å²) in [5.74, 6) is 0.735. The van der Waals surface area contributed by atoms with E-state index in [1.54, 1.807) is 19.2 Å². The van der Waals surface area contributed by atoms with E-state index in [9.17, 15) is 9.59 Å². The highest BCUT2D eigenvalue weighted by molar-refractivity contribution is 5.96. The summed E-state index contributed by atoms with van der Waals surface area (Å²) in [5.41, 5.74) is 3.44. The van der Waals surface area contributed by atoms with Gasteiger partial charge in [-0.2, -0.15) is 0 Å². The third kappa shape index (κ3) is 6.52. The predicted octanol–water partition coefficient (Wildman–Crippen LogP) is 3.71. The van der Waals surface area contributed by atoms with E-state index in [2.05, 4.69) is 10.6 Å². The van der Waals surface area contributed by atoms with E-state index in [4.69, 9.17) is 9.47 Å². The Labute approximate surface area is 172 Å². The Balaban J connectivity index is 1.95. The van der Waals surface area contributed by atoms with Crippen LogP contribution in [0.2, 0.25) is 0 Å². The minimum absolute atomic E-state index is 0.0349. The fraction of sp³-hybridized carbons (Fsp3) is 0.391. The molecule has 2 N–H and O–H groups in total. The lowest BCUT2D eigenvalue weighted by atomic mass is 10.1. The number of nitrogens with one attached hydrogen (secondary N) is 2. The van der Waals surface area contributed by atoms with Crippen molar-refractivity contribution in [3.63, 3.8) is 0 Å². The van der Waals surface area contributed by atoms with Crippen molar-refractivity contribution in [1.82, 2.24) is 10.6 Å². The van der Waals surface area contributed by atoms with Gasteiger partial charge in [-0.15, -0.1) is 0 Å². The number of carbonyl (C=O) groups is 2. The van der Waals surface area contributed by atoms with Crippen molar-refractivity contribution in [2.75, 3.05) is 13.7 Å². The molecule has 0 spiro atoms. The van der Waals surface area contributed by atoms with Crippen LogP contribution in [0.25, 0.3) is 0 Å². The van der Waals surface area contributed by atoms with E-state index >= 15 is 0 Å². The highest BCUT2D eigenvalue weighted by Gasteiger charge is 2.15. The Morgan fingerprint density at radius 2 is 1.62 bits per heavy atom. The Kier molecular flexibility index (Phi) is 7.65. The molecule has 0 aliphatic heterocycles. The van der Waals surface area contributed by atoms with Crippen LogP contribution < -0.4 is 20.1 Å². The lowest BCUT2D eigenvalue weighted by Gasteiger charge is -2.18. The minimum Gasteiger partial charge on any atom is -0.493 e. The lowest BCUT2D eigenvalue weighted by Crippen LogP contribution is -2.38. The van der Waals surface area contributed by atoms with Crippen LogP contribution in [0.1, 0.15) is 53.9 Å². The van der Waals surface area contributed by atoms with Crippen LogP contribution >= 0.6 is 0 Å². The first-order valence-electron chi connectivity index (χ1n) is 9.70. The zero-order chi connectivity index (χ0) is 21.6. The molecule has 0 saturated carbocycles. The Bertz CT molecular complexity index is 857. The van der Waals surface area contributed by atoms with Gasteiger partial charge in [0.15, 0.2) is 11.5 Å². The molecule has 6 nitrogen and oxygen atoms in total. The molecule has 0 aromatic heterocycles. The lowest BCUT2D eigenvalue weighted by molar-refractivity contribution is -0.120. The molecule has 0 aliphatic carbocycles. The van der Waals surface area contributed by atoms with E-state index in [1.807, 2.05) is 58.9 Å². The minimum atomic E-state index is -0.267. The first-order valence-corrected chi connectivity index (χ1v) is 9.70. The fourth-order valence-corrected chi connectivity index (χ4v) is 3.05. The highest BCUT2D eigenvalue weighted by atomic mass is 16.5. The van der Waals surface area contributed by atoms with Gasteiger partial charge < -0.3 is 20.1 Å². The Morgan fingerprint density at radius 1 is 0.966 bits per heavy atom. The van der Waals surface area contributed by atoms with E-state index in [0.717, 1.165) is 16.7 Å². The quantitative estimate of drug-likeness (QED) is 0.711. The monoisotopic (exact) mass is 398 g/mol. The van der Waals surface area contributed by atoms with E-state index in [-0.39, 0.29) is 30.5 Å². The van der Waals surface area contributed by atoms with Gasteiger partial charge in [-0.1, -0.05) is 23.3 Å². The van der Waals surface area contributed by atoms with Crippen molar-refractivity contribution >= 4 is 11.8 Å². The van der Waals surface area contributed by atoms with Gasteiger partial charge in [0.05, 0.1) is 25.8 Å². The molecule has 2 aromatic rings. The van der Waals surface area contributed by atoms with Crippen LogP contribution in [0, 0.1) is 13.8 Å². The van der Waals surface area contributed by atoms with Crippen molar-refractivity contribution < 1.29 is 19.1 Å². The predicted molar refractivity (Wildman–Crippen MR) is 114 cm³/mol. The number of carbonyl (C=O) groups excluding carboxylic acids is 2. The Morgan fingerprint density at radius 3 is 2.21 bits per heavy atom. The summed E-state index contributed by atoms with van der Waals surface area (Å²) in [7, 11) is 1.58. The number of ether oxygens (including phenoxy) is 2. The standard InChI is InChI=1S/C23H30N2O4/c1-14(2)29-20-8-7-18(12-21(20)28-6)17(5)25-22(26)13-24-23(27)19-10-15(3)9-16(4)11-19/h7-12,14,17H,13H2,1-6H3,(H,24,27)(H,25,26). The molecular weight excluding hydrogens is 368 g/mol. The molecule has 0 aliphatic rings. The maximum absolute atomic E-state index is 12.3. The molecule has 156 valence electrons. The average molecular weight is 399 g/mol. The van der Waals surface area contributed by atoms with Crippen molar-refractivity contribution in [3.8, 4) is 11.5 Å². The maximum atomic E-state index is 12.3. The molecule has 0 radical (unpaired) electrons. The van der Waals surface area contributed by atoms with Gasteiger partial charge in [-0.05, 0) is 64.4 Å². The smallest absolute Gasteiger partial charge is 0.251 e. The summed E-state index contributed by atoms with van der Waals surface area (Å²) in [6.07, 6.45) is 0.0349. The number of hydrogen-bond acceptors (Lipinski definition) is 4. The molecule has 2 rings (SSSR count). The summed E-state index contributed by atoms with van der Waals surface area (Å²) < 4.78 is 11.1. The molecule has 2 amide bonds. The largest absolute Gasteiger partial charge is 0.493 e. The first kappa shape index (κ1) is 22.3. The van der Waals surface area contributed by atoms with E-state index in [0.29, 0.717) is 17.1 Å². The van der Waals surface area contributed by atoms with Gasteiger partial charge in [0.1, 0.15) is 0 Å². The summed E-state index contributed by atoms with van der Waals surface area (Å²) in [5, 5.41) is 5.55. The van der Waals surface area contributed by atoms with Crippen LogP contribution in [-0.2, 0) is 4.79 Å². The zero-order valence-corrected chi connectivity index (χ0v) is 18.0. The van der Waals surface area contributed by atoms with Gasteiger partial charge in [-0.3, -0.25) is 9.59 Å². The van der Waals surface area contributed by atoms with Crippen molar-refractivity contribution in [1.29, 1.82) is 0 Å². The number of rotatable bonds is 8. The molecule has 0 fully saturated rings. The van der Waals surface area contributed by atoms with E-state index in [1.165, 1.54) is 0 Å². The first-order chi connectivity index (χ1) is 13.7. The van der Waals surface area contributed by atoms with Crippen molar-refractivity contribution in [2.45, 2.75) is 46.8 Å². The molecule has 0 heterocycles. The second kappa shape index (κ2) is 9.96. The average Bonchev–Trinajstić information content (AvgIpc) is 2.65. The van der Waals surface area contributed by atoms with Crippen molar-refractivity contribution in [2.24, 2.45) is 0 Å². The molecule has 1 unspecified atom stereocenters. The van der Waals surface area contributed by atoms with Crippen molar-refractivity contribution in [3.05, 3.63) is 58.7 Å². The van der Waals surface area contributed by atoms with Gasteiger partial charge in [0.25, 0.3) is 5.91 Å². The van der Waals surface area contributed by atoms with Gasteiger partial charge in [0, 0.05) is 5.56 Å². The van der Waals surface area contributed by atoms with E-state index < -0.39 is 0 Å². The second-order valence-electron chi connectivity index (χ2n) is 7.43. The van der Waals surface area contributed by atoms with Crippen LogP contribution in [-0.4, -0.2) is 31.6 Å². The SMILES string of the molecule is COc1cc(C(C)NC(=O)CNC(=O)c2cc(C)cc(C)c2)ccc1OC(C)C. The van der Waals surface area contributed by atoms with Crippen LogP contribution in [0.3, 0.4) is 0 Å². The normalized spacial score (nSPS) is 11.7. The van der Waals surface area contributed by atoms with Gasteiger partial charge in [0.2, 0.25) is 5.91 Å². The number of hydrogen-bond donors (Lipinski definition) is 2. The molecule has 0 bridgehead atoms. The summed E-state index contributed by atoms with van der Waals surface area (Å²) >= 11 is 0. The van der Waals surface area contributed by atoms with Gasteiger partial charge >= 0.3 is 0 Å². The maximum Gasteiger partial charge on any atom is 0.251 e. The highest BCUT2D eigenvalue weighted by Crippen LogP contribution is 2.31. The molecular formula is C23H30N2O4. The second-order valence-corrected chi connectivity index (χ2v) is 7.43. The number of benzene rings is 2. The topological polar surface area (TPSA) is 76.7 Å². The fourth-order valence-electron chi connectivity index (χ4n) is 3.05. The summed E-state index contributed by atoms with van der Waals surface area (Å²) in [4.78, 5) is 24.6. The number of methoxy groups -OCH3 is 1. The third-order valence-electron chi connectivity index (χ3n) is 4.32. The molecule has 1 atom stereocenters. The summed E-state index contributed by atoms with van der Waals surface area (Å²) in [6.45, 7) is 9.54.